The van der Waals surface area contributed by atoms with E-state index in [4.69, 9.17) is 15.0 Å². The van der Waals surface area contributed by atoms with Crippen LogP contribution < -0.4 is 9.64 Å². The number of ether oxygens (including phenoxy) is 1. The van der Waals surface area contributed by atoms with E-state index in [0.29, 0.717) is 38.2 Å². The van der Waals surface area contributed by atoms with Crippen LogP contribution in [0.5, 0.6) is 11.5 Å². The van der Waals surface area contributed by atoms with Crippen LogP contribution in [0, 0.1) is 18.3 Å². The second-order valence-corrected chi connectivity index (χ2v) is 11.4. The first-order chi connectivity index (χ1) is 17.9. The van der Waals surface area contributed by atoms with Gasteiger partial charge in [-0.1, -0.05) is 35.9 Å². The smallest absolute Gasteiger partial charge is 0.243 e. The van der Waals surface area contributed by atoms with Crippen LogP contribution in [0.3, 0.4) is 0 Å². The molecule has 8 nitrogen and oxygen atoms in total. The van der Waals surface area contributed by atoms with Gasteiger partial charge in [0.2, 0.25) is 15.2 Å². The van der Waals surface area contributed by atoms with Crippen molar-refractivity contribution in [1.82, 2.24) is 13.7 Å². The van der Waals surface area contributed by atoms with Gasteiger partial charge in [0, 0.05) is 44.1 Å². The van der Waals surface area contributed by atoms with Crippen LogP contribution in [0.4, 0.5) is 5.13 Å². The minimum Gasteiger partial charge on any atom is -0.457 e. The fourth-order valence-corrected chi connectivity index (χ4v) is 6.25. The maximum atomic E-state index is 13.0. The largest absolute Gasteiger partial charge is 0.457 e. The van der Waals surface area contributed by atoms with Crippen LogP contribution >= 0.6 is 11.5 Å². The standard InChI is InChI=1S/C27H25N5O3S2/c1-20-5-9-23(10-6-20)35-24-11-7-21(8-12-24)18-26-29-27(36-30-26)31-13-15-32(16-14-31)37(33,34)25-4-2-3-22(17-25)19-28/h2-12,17H,13-16,18H2,1H3. The first-order valence-corrected chi connectivity index (χ1v) is 14.0. The molecule has 4 aromatic rings. The van der Waals surface area contributed by atoms with E-state index in [-0.39, 0.29) is 4.90 Å². The third-order valence-electron chi connectivity index (χ3n) is 6.11. The Bertz CT molecular complexity index is 1520. The number of hydrogen-bond acceptors (Lipinski definition) is 8. The zero-order chi connectivity index (χ0) is 25.8. The van der Waals surface area contributed by atoms with Crippen molar-refractivity contribution in [3.05, 3.63) is 95.3 Å². The maximum Gasteiger partial charge on any atom is 0.243 e. The Balaban J connectivity index is 1.17. The van der Waals surface area contributed by atoms with Crippen molar-refractivity contribution in [3.8, 4) is 17.6 Å². The number of nitrogens with zero attached hydrogens (tertiary/aromatic N) is 5. The average Bonchev–Trinajstić information content (AvgIpc) is 3.39. The zero-order valence-electron chi connectivity index (χ0n) is 20.2. The number of sulfonamides is 1. The minimum atomic E-state index is -3.65. The topological polar surface area (TPSA) is 99.4 Å². The summed E-state index contributed by atoms with van der Waals surface area (Å²) in [5.41, 5.74) is 2.60. The summed E-state index contributed by atoms with van der Waals surface area (Å²) in [5.74, 6) is 2.30. The van der Waals surface area contributed by atoms with E-state index in [0.717, 1.165) is 28.0 Å². The van der Waals surface area contributed by atoms with Gasteiger partial charge < -0.3 is 9.64 Å². The fraction of sp³-hybridized carbons (Fsp3) is 0.222. The van der Waals surface area contributed by atoms with Crippen LogP contribution in [0.2, 0.25) is 0 Å². The van der Waals surface area contributed by atoms with Crippen molar-refractivity contribution in [2.24, 2.45) is 0 Å². The van der Waals surface area contributed by atoms with Gasteiger partial charge in [0.25, 0.3) is 0 Å². The summed E-state index contributed by atoms with van der Waals surface area (Å²) in [4.78, 5) is 6.91. The van der Waals surface area contributed by atoms with Crippen molar-refractivity contribution in [2.75, 3.05) is 31.1 Å². The van der Waals surface area contributed by atoms with E-state index in [2.05, 4.69) is 9.27 Å². The van der Waals surface area contributed by atoms with Gasteiger partial charge in [0.05, 0.1) is 16.5 Å². The Morgan fingerprint density at radius 1 is 0.973 bits per heavy atom. The van der Waals surface area contributed by atoms with Crippen molar-refractivity contribution in [2.45, 2.75) is 18.2 Å². The number of nitriles is 1. The van der Waals surface area contributed by atoms with E-state index < -0.39 is 10.0 Å². The fourth-order valence-electron chi connectivity index (χ4n) is 4.04. The van der Waals surface area contributed by atoms with Gasteiger partial charge in [-0.15, -0.1) is 0 Å². The summed E-state index contributed by atoms with van der Waals surface area (Å²) in [7, 11) is -3.65. The summed E-state index contributed by atoms with van der Waals surface area (Å²) < 4.78 is 37.9. The normalized spacial score (nSPS) is 14.3. The van der Waals surface area contributed by atoms with Crippen molar-refractivity contribution in [1.29, 1.82) is 5.26 Å². The van der Waals surface area contributed by atoms with Crippen molar-refractivity contribution in [3.63, 3.8) is 0 Å². The molecule has 188 valence electrons. The quantitative estimate of drug-likeness (QED) is 0.343. The molecule has 5 rings (SSSR count). The number of piperazine rings is 1. The zero-order valence-corrected chi connectivity index (χ0v) is 21.9. The van der Waals surface area contributed by atoms with Gasteiger partial charge in [-0.3, -0.25) is 0 Å². The van der Waals surface area contributed by atoms with Crippen LogP contribution in [0.25, 0.3) is 0 Å². The Labute approximate surface area is 220 Å². The van der Waals surface area contributed by atoms with E-state index in [1.165, 1.54) is 33.5 Å². The van der Waals surface area contributed by atoms with Crippen LogP contribution in [0.1, 0.15) is 22.5 Å². The number of benzene rings is 3. The summed E-state index contributed by atoms with van der Waals surface area (Å²) >= 11 is 1.33. The molecule has 1 aromatic heterocycles. The van der Waals surface area contributed by atoms with Crippen LogP contribution in [-0.2, 0) is 16.4 Å². The molecule has 1 aliphatic heterocycles. The van der Waals surface area contributed by atoms with Crippen molar-refractivity contribution >= 4 is 26.7 Å². The second kappa shape index (κ2) is 10.7. The molecule has 37 heavy (non-hydrogen) atoms. The van der Waals surface area contributed by atoms with Gasteiger partial charge in [-0.05, 0) is 55.0 Å². The highest BCUT2D eigenvalue weighted by molar-refractivity contribution is 7.89. The van der Waals surface area contributed by atoms with Gasteiger partial charge in [0.1, 0.15) is 17.3 Å². The van der Waals surface area contributed by atoms with Crippen LogP contribution in [0.15, 0.2) is 77.7 Å². The highest BCUT2D eigenvalue weighted by Crippen LogP contribution is 2.25. The number of rotatable bonds is 7. The van der Waals surface area contributed by atoms with Gasteiger partial charge in [-0.2, -0.15) is 13.9 Å². The molecule has 10 heteroatoms. The Morgan fingerprint density at radius 3 is 2.32 bits per heavy atom. The predicted octanol–water partition coefficient (Wildman–Crippen LogP) is 4.61. The molecule has 3 aromatic carbocycles. The van der Waals surface area contributed by atoms with Gasteiger partial charge in [-0.25, -0.2) is 13.4 Å². The summed E-state index contributed by atoms with van der Waals surface area (Å²) in [6.45, 7) is 3.78. The van der Waals surface area contributed by atoms with E-state index >= 15 is 0 Å². The number of anilines is 1. The monoisotopic (exact) mass is 531 g/mol. The lowest BCUT2D eigenvalue weighted by Crippen LogP contribution is -2.48. The van der Waals surface area contributed by atoms with Gasteiger partial charge in [0.15, 0.2) is 0 Å². The molecular formula is C27H25N5O3S2. The summed E-state index contributed by atoms with van der Waals surface area (Å²) in [6, 6.07) is 24.0. The van der Waals surface area contributed by atoms with E-state index in [9.17, 15) is 8.42 Å². The molecule has 1 fully saturated rings. The Morgan fingerprint density at radius 2 is 1.65 bits per heavy atom. The van der Waals surface area contributed by atoms with E-state index in [1.807, 2.05) is 61.5 Å². The molecule has 1 saturated heterocycles. The lowest BCUT2D eigenvalue weighted by atomic mass is 10.1. The molecule has 0 saturated carbocycles. The number of hydrogen-bond donors (Lipinski definition) is 0. The molecule has 0 atom stereocenters. The predicted molar refractivity (Wildman–Crippen MR) is 143 cm³/mol. The molecular weight excluding hydrogens is 506 g/mol. The van der Waals surface area contributed by atoms with Gasteiger partial charge >= 0.3 is 0 Å². The van der Waals surface area contributed by atoms with Crippen LogP contribution in [-0.4, -0.2) is 48.3 Å². The molecule has 0 N–H and O–H groups in total. The molecule has 0 radical (unpaired) electrons. The first kappa shape index (κ1) is 24.9. The molecule has 0 unspecified atom stereocenters. The number of aryl methyl sites for hydroxylation is 1. The highest BCUT2D eigenvalue weighted by Gasteiger charge is 2.29. The molecule has 2 heterocycles. The summed E-state index contributed by atoms with van der Waals surface area (Å²) in [5, 5.41) is 9.88. The molecule has 0 bridgehead atoms. The third kappa shape index (κ3) is 5.80. The maximum absolute atomic E-state index is 13.0. The lowest BCUT2D eigenvalue weighted by Gasteiger charge is -2.33. The molecule has 0 aliphatic carbocycles. The highest BCUT2D eigenvalue weighted by atomic mass is 32.2. The van der Waals surface area contributed by atoms with E-state index in [1.54, 1.807) is 12.1 Å². The molecule has 0 spiro atoms. The third-order valence-corrected chi connectivity index (χ3v) is 8.82. The van der Waals surface area contributed by atoms with Crippen molar-refractivity contribution < 1.29 is 13.2 Å². The second-order valence-electron chi connectivity index (χ2n) is 8.76. The average molecular weight is 532 g/mol. The number of aromatic nitrogens is 2. The Kier molecular flexibility index (Phi) is 7.19. The first-order valence-electron chi connectivity index (χ1n) is 11.8. The minimum absolute atomic E-state index is 0.147. The Hall–Kier alpha value is -3.78. The molecule has 1 aliphatic rings. The SMILES string of the molecule is Cc1ccc(Oc2ccc(Cc3nsc(N4CCN(S(=O)(=O)c5cccc(C#N)c5)CC4)n3)cc2)cc1. The lowest BCUT2D eigenvalue weighted by molar-refractivity contribution is 0.384. The molecule has 0 amide bonds. The summed E-state index contributed by atoms with van der Waals surface area (Å²) in [6.07, 6.45) is 0.602.